The minimum Gasteiger partial charge on any atom is -0.469 e. The van der Waals surface area contributed by atoms with Crippen LogP contribution >= 0.6 is 0 Å². The van der Waals surface area contributed by atoms with Crippen molar-refractivity contribution >= 4 is 18.1 Å². The molecule has 102 valence electrons. The molecule has 0 unspecified atom stereocenters. The van der Waals surface area contributed by atoms with Gasteiger partial charge in [0.2, 0.25) is 6.79 Å². The molecule has 0 saturated heterocycles. The van der Waals surface area contributed by atoms with E-state index < -0.39 is 24.9 Å². The lowest BCUT2D eigenvalue weighted by molar-refractivity contribution is -0.151. The van der Waals surface area contributed by atoms with Crippen LogP contribution < -0.4 is 0 Å². The van der Waals surface area contributed by atoms with Crippen LogP contribution in [-0.2, 0) is 28.5 Å². The molecule has 18 heavy (non-hydrogen) atoms. The van der Waals surface area contributed by atoms with E-state index in [2.05, 4.69) is 25.5 Å². The molecule has 0 amide bonds. The normalized spacial score (nSPS) is 9.56. The molecule has 0 bridgehead atoms. The van der Waals surface area contributed by atoms with Crippen molar-refractivity contribution in [2.45, 2.75) is 26.4 Å². The summed E-state index contributed by atoms with van der Waals surface area (Å²) >= 11 is 0. The van der Waals surface area contributed by atoms with Crippen molar-refractivity contribution in [2.24, 2.45) is 0 Å². The lowest BCUT2D eigenvalue weighted by atomic mass is 10.2. The van der Waals surface area contributed by atoms with Crippen LogP contribution in [0.4, 0.5) is 4.79 Å². The van der Waals surface area contributed by atoms with Crippen LogP contribution in [0.3, 0.4) is 0 Å². The van der Waals surface area contributed by atoms with Gasteiger partial charge < -0.3 is 18.9 Å². The van der Waals surface area contributed by atoms with Crippen LogP contribution in [0.5, 0.6) is 0 Å². The molecule has 0 saturated carbocycles. The standard InChI is InChI=1S/C11H16O7/c1-7(2)18-11(14)17-6-16-10(13)8(3)5-9(12)15-4/h7H,3,5-6H2,1-2,4H3. The fourth-order valence-electron chi connectivity index (χ4n) is 0.778. The second-order valence-corrected chi connectivity index (χ2v) is 3.47. The van der Waals surface area contributed by atoms with Crippen LogP contribution in [0.25, 0.3) is 0 Å². The molecule has 7 nitrogen and oxygen atoms in total. The molecule has 0 aromatic heterocycles. The molecular weight excluding hydrogens is 244 g/mol. The van der Waals surface area contributed by atoms with Gasteiger partial charge in [-0.1, -0.05) is 6.58 Å². The van der Waals surface area contributed by atoms with Gasteiger partial charge in [0.15, 0.2) is 0 Å². The molecule has 0 aromatic rings. The van der Waals surface area contributed by atoms with Gasteiger partial charge >= 0.3 is 18.1 Å². The second kappa shape index (κ2) is 8.10. The topological polar surface area (TPSA) is 88.1 Å². The zero-order chi connectivity index (χ0) is 14.1. The van der Waals surface area contributed by atoms with Crippen molar-refractivity contribution in [2.75, 3.05) is 13.9 Å². The second-order valence-electron chi connectivity index (χ2n) is 3.47. The van der Waals surface area contributed by atoms with Gasteiger partial charge in [-0.05, 0) is 13.8 Å². The number of ether oxygens (including phenoxy) is 4. The fourth-order valence-corrected chi connectivity index (χ4v) is 0.778. The number of methoxy groups -OCH3 is 1. The lowest BCUT2D eigenvalue weighted by Gasteiger charge is -2.09. The fraction of sp³-hybridized carbons (Fsp3) is 0.545. The van der Waals surface area contributed by atoms with Crippen molar-refractivity contribution in [1.82, 2.24) is 0 Å². The summed E-state index contributed by atoms with van der Waals surface area (Å²) in [7, 11) is 1.19. The van der Waals surface area contributed by atoms with Crippen molar-refractivity contribution in [3.63, 3.8) is 0 Å². The summed E-state index contributed by atoms with van der Waals surface area (Å²) in [6, 6.07) is 0. The van der Waals surface area contributed by atoms with E-state index in [1.807, 2.05) is 0 Å². The first kappa shape index (κ1) is 16.0. The Kier molecular flexibility index (Phi) is 7.18. The van der Waals surface area contributed by atoms with Gasteiger partial charge in [0.1, 0.15) is 0 Å². The zero-order valence-electron chi connectivity index (χ0n) is 10.6. The largest absolute Gasteiger partial charge is 0.511 e. The Morgan fingerprint density at radius 3 is 2.28 bits per heavy atom. The van der Waals surface area contributed by atoms with Gasteiger partial charge in [-0.3, -0.25) is 4.79 Å². The van der Waals surface area contributed by atoms with Gasteiger partial charge in [-0.25, -0.2) is 9.59 Å². The molecule has 0 aromatic carbocycles. The zero-order valence-corrected chi connectivity index (χ0v) is 10.6. The first-order chi connectivity index (χ1) is 8.36. The Morgan fingerprint density at radius 1 is 1.17 bits per heavy atom. The molecule has 0 atom stereocenters. The highest BCUT2D eigenvalue weighted by Crippen LogP contribution is 2.03. The van der Waals surface area contributed by atoms with Crippen molar-refractivity contribution in [3.05, 3.63) is 12.2 Å². The average molecular weight is 260 g/mol. The Hall–Kier alpha value is -2.05. The third-order valence-corrected chi connectivity index (χ3v) is 1.57. The van der Waals surface area contributed by atoms with Crippen molar-refractivity contribution in [1.29, 1.82) is 0 Å². The van der Waals surface area contributed by atoms with Crippen LogP contribution in [0.15, 0.2) is 12.2 Å². The number of hydrogen-bond donors (Lipinski definition) is 0. The van der Waals surface area contributed by atoms with Gasteiger partial charge in [-0.15, -0.1) is 0 Å². The van der Waals surface area contributed by atoms with Gasteiger partial charge in [0.05, 0.1) is 19.6 Å². The predicted octanol–water partition coefficient (Wildman–Crippen LogP) is 1.17. The molecule has 0 spiro atoms. The van der Waals surface area contributed by atoms with Crippen LogP contribution in [0, 0.1) is 0 Å². The molecule has 0 aliphatic rings. The maximum Gasteiger partial charge on any atom is 0.511 e. The number of esters is 2. The van der Waals surface area contributed by atoms with Crippen LogP contribution in [0.1, 0.15) is 20.3 Å². The van der Waals surface area contributed by atoms with E-state index in [0.717, 1.165) is 0 Å². The number of carbonyl (C=O) groups is 3. The Morgan fingerprint density at radius 2 is 1.78 bits per heavy atom. The third-order valence-electron chi connectivity index (χ3n) is 1.57. The van der Waals surface area contributed by atoms with E-state index in [9.17, 15) is 14.4 Å². The summed E-state index contributed by atoms with van der Waals surface area (Å²) in [5.41, 5.74) is -0.0947. The first-order valence-corrected chi connectivity index (χ1v) is 5.12. The molecule has 0 fully saturated rings. The summed E-state index contributed by atoms with van der Waals surface area (Å²) in [5, 5.41) is 0. The smallest absolute Gasteiger partial charge is 0.469 e. The van der Waals surface area contributed by atoms with Crippen LogP contribution in [-0.4, -0.2) is 38.1 Å². The minimum absolute atomic E-state index is 0.0947. The summed E-state index contributed by atoms with van der Waals surface area (Å²) in [6.45, 7) is 6.02. The number of carbonyl (C=O) groups excluding carboxylic acids is 3. The Balaban J connectivity index is 3.86. The highest BCUT2D eigenvalue weighted by molar-refractivity contribution is 5.93. The van der Waals surface area contributed by atoms with E-state index in [-0.39, 0.29) is 18.1 Å². The van der Waals surface area contributed by atoms with Gasteiger partial charge in [0.25, 0.3) is 0 Å². The molecule has 0 aliphatic heterocycles. The summed E-state index contributed by atoms with van der Waals surface area (Å²) < 4.78 is 17.9. The molecule has 0 aliphatic carbocycles. The molecule has 0 heterocycles. The monoisotopic (exact) mass is 260 g/mol. The van der Waals surface area contributed by atoms with Gasteiger partial charge in [-0.2, -0.15) is 0 Å². The third kappa shape index (κ3) is 7.26. The predicted molar refractivity (Wildman–Crippen MR) is 59.4 cm³/mol. The Bertz CT molecular complexity index is 332. The molecule has 7 heteroatoms. The molecule has 0 rings (SSSR count). The van der Waals surface area contributed by atoms with Crippen molar-refractivity contribution in [3.8, 4) is 0 Å². The van der Waals surface area contributed by atoms with E-state index in [4.69, 9.17) is 0 Å². The lowest BCUT2D eigenvalue weighted by Crippen LogP contribution is -2.18. The molecular formula is C11H16O7. The van der Waals surface area contributed by atoms with E-state index in [1.165, 1.54) is 7.11 Å². The van der Waals surface area contributed by atoms with E-state index >= 15 is 0 Å². The molecule has 0 radical (unpaired) electrons. The first-order valence-electron chi connectivity index (χ1n) is 5.12. The average Bonchev–Trinajstić information content (AvgIpc) is 2.27. The quantitative estimate of drug-likeness (QED) is 0.306. The number of rotatable bonds is 6. The highest BCUT2D eigenvalue weighted by Gasteiger charge is 2.14. The van der Waals surface area contributed by atoms with Crippen molar-refractivity contribution < 1.29 is 33.3 Å². The Labute approximate surface area is 105 Å². The summed E-state index contributed by atoms with van der Waals surface area (Å²) in [5.74, 6) is -1.46. The highest BCUT2D eigenvalue weighted by atomic mass is 16.8. The van der Waals surface area contributed by atoms with Gasteiger partial charge in [0, 0.05) is 5.57 Å². The SMILES string of the molecule is C=C(CC(=O)OC)C(=O)OCOC(=O)OC(C)C. The summed E-state index contributed by atoms with van der Waals surface area (Å²) in [6.07, 6.45) is -1.56. The maximum absolute atomic E-state index is 11.2. The summed E-state index contributed by atoms with van der Waals surface area (Å²) in [4.78, 5) is 33.0. The van der Waals surface area contributed by atoms with Crippen LogP contribution in [0.2, 0.25) is 0 Å². The maximum atomic E-state index is 11.2. The van der Waals surface area contributed by atoms with E-state index in [1.54, 1.807) is 13.8 Å². The minimum atomic E-state index is -0.948. The molecule has 0 N–H and O–H groups in total. The van der Waals surface area contributed by atoms with E-state index in [0.29, 0.717) is 0 Å². The number of hydrogen-bond acceptors (Lipinski definition) is 7.